The minimum absolute atomic E-state index is 0.0110. The summed E-state index contributed by atoms with van der Waals surface area (Å²) in [7, 11) is 2.90. The van der Waals surface area contributed by atoms with E-state index in [0.717, 1.165) is 15.8 Å². The van der Waals surface area contributed by atoms with E-state index in [0.29, 0.717) is 16.9 Å². The number of amides is 1. The largest absolute Gasteiger partial charge is 0.548 e. The summed E-state index contributed by atoms with van der Waals surface area (Å²) in [6.45, 7) is 1.31. The number of aliphatic carboxylic acids is 1. The van der Waals surface area contributed by atoms with Crippen molar-refractivity contribution in [3.63, 3.8) is 0 Å². The van der Waals surface area contributed by atoms with Crippen LogP contribution in [0, 0.1) is 6.92 Å². The third-order valence-corrected chi connectivity index (χ3v) is 3.88. The van der Waals surface area contributed by atoms with Gasteiger partial charge in [-0.3, -0.25) is 4.79 Å². The van der Waals surface area contributed by atoms with Crippen molar-refractivity contribution < 1.29 is 23.8 Å². The van der Waals surface area contributed by atoms with Crippen molar-refractivity contribution in [2.45, 2.75) is 19.8 Å². The number of methoxy groups -OCH3 is 1. The molecule has 128 valence electrons. The van der Waals surface area contributed by atoms with Crippen LogP contribution in [0.2, 0.25) is 0 Å². The fourth-order valence-electron chi connectivity index (χ4n) is 2.50. The highest BCUT2D eigenvalue weighted by Crippen LogP contribution is 2.24. The quantitative estimate of drug-likeness (QED) is 0.703. The Hall–Kier alpha value is -2.83. The summed E-state index contributed by atoms with van der Waals surface area (Å²) < 4.78 is 10.4. The lowest BCUT2D eigenvalue weighted by atomic mass is 10.0. The van der Waals surface area contributed by atoms with Gasteiger partial charge in [0, 0.05) is 30.5 Å². The first-order chi connectivity index (χ1) is 11.3. The standard InChI is InChI=1S/C17H19NO6/c1-10-12-5-4-11(23-3)8-14(12)24-17(22)13(10)6-7-15(19)18(2)9-16(20)21/h4-5,8H,6-7,9H2,1-3H3,(H,20,21)/p-1. The lowest BCUT2D eigenvalue weighted by molar-refractivity contribution is -0.305. The van der Waals surface area contributed by atoms with Gasteiger partial charge in [-0.05, 0) is 31.0 Å². The van der Waals surface area contributed by atoms with E-state index >= 15 is 0 Å². The maximum Gasteiger partial charge on any atom is 0.339 e. The number of likely N-dealkylation sites (N-methyl/N-ethyl adjacent to an activating group) is 1. The van der Waals surface area contributed by atoms with Crippen molar-refractivity contribution in [1.82, 2.24) is 4.90 Å². The molecule has 0 saturated carbocycles. The van der Waals surface area contributed by atoms with Gasteiger partial charge in [-0.25, -0.2) is 4.79 Å². The first kappa shape index (κ1) is 17.5. The lowest BCUT2D eigenvalue weighted by Gasteiger charge is -2.17. The van der Waals surface area contributed by atoms with Gasteiger partial charge in [0.25, 0.3) is 0 Å². The zero-order valence-corrected chi connectivity index (χ0v) is 13.8. The van der Waals surface area contributed by atoms with Gasteiger partial charge >= 0.3 is 5.63 Å². The predicted octanol–water partition coefficient (Wildman–Crippen LogP) is 0.251. The van der Waals surface area contributed by atoms with E-state index in [9.17, 15) is 19.5 Å². The maximum atomic E-state index is 12.2. The first-order valence-electron chi connectivity index (χ1n) is 7.37. The molecule has 2 aromatic rings. The van der Waals surface area contributed by atoms with Gasteiger partial charge in [-0.2, -0.15) is 0 Å². The van der Waals surface area contributed by atoms with Crippen molar-refractivity contribution in [3.8, 4) is 5.75 Å². The molecule has 24 heavy (non-hydrogen) atoms. The molecule has 2 rings (SSSR count). The molecule has 0 fully saturated rings. The van der Waals surface area contributed by atoms with E-state index in [1.165, 1.54) is 14.2 Å². The molecule has 0 aliphatic carbocycles. The summed E-state index contributed by atoms with van der Waals surface area (Å²) in [5.74, 6) is -1.13. The van der Waals surface area contributed by atoms with Crippen LogP contribution in [-0.4, -0.2) is 37.5 Å². The van der Waals surface area contributed by atoms with Crippen LogP contribution in [0.1, 0.15) is 17.5 Å². The molecule has 0 aliphatic rings. The Morgan fingerprint density at radius 1 is 1.33 bits per heavy atom. The van der Waals surface area contributed by atoms with Crippen molar-refractivity contribution in [2.75, 3.05) is 20.7 Å². The Labute approximate surface area is 138 Å². The van der Waals surface area contributed by atoms with E-state index < -0.39 is 18.1 Å². The topological polar surface area (TPSA) is 99.9 Å². The Kier molecular flexibility index (Phi) is 5.23. The second kappa shape index (κ2) is 7.16. The van der Waals surface area contributed by atoms with Crippen molar-refractivity contribution in [2.24, 2.45) is 0 Å². The highest BCUT2D eigenvalue weighted by molar-refractivity contribution is 5.83. The van der Waals surface area contributed by atoms with Crippen LogP contribution in [0.3, 0.4) is 0 Å². The molecule has 0 bridgehead atoms. The van der Waals surface area contributed by atoms with Gasteiger partial charge < -0.3 is 24.0 Å². The van der Waals surface area contributed by atoms with Crippen LogP contribution in [0.4, 0.5) is 0 Å². The number of aryl methyl sites for hydroxylation is 1. The van der Waals surface area contributed by atoms with E-state index in [1.807, 2.05) is 0 Å². The number of carboxylic acid groups (broad SMARTS) is 1. The minimum Gasteiger partial charge on any atom is -0.548 e. The van der Waals surface area contributed by atoms with Crippen molar-refractivity contribution >= 4 is 22.8 Å². The molecule has 1 aromatic heterocycles. The van der Waals surface area contributed by atoms with Gasteiger partial charge in [0.1, 0.15) is 11.3 Å². The van der Waals surface area contributed by atoms with Crippen LogP contribution in [0.5, 0.6) is 5.75 Å². The number of carbonyl (C=O) groups excluding carboxylic acids is 2. The second-order valence-corrected chi connectivity index (χ2v) is 5.48. The zero-order valence-electron chi connectivity index (χ0n) is 13.8. The molecule has 0 unspecified atom stereocenters. The van der Waals surface area contributed by atoms with Gasteiger partial charge in [-0.1, -0.05) is 0 Å². The summed E-state index contributed by atoms with van der Waals surface area (Å²) in [5, 5.41) is 11.3. The number of carbonyl (C=O) groups is 2. The first-order valence-corrected chi connectivity index (χ1v) is 7.37. The highest BCUT2D eigenvalue weighted by atomic mass is 16.5. The number of carboxylic acids is 1. The third-order valence-electron chi connectivity index (χ3n) is 3.88. The molecule has 7 nitrogen and oxygen atoms in total. The molecule has 0 N–H and O–H groups in total. The SMILES string of the molecule is COc1ccc2c(C)c(CCC(=O)N(C)CC(=O)[O-])c(=O)oc2c1. The van der Waals surface area contributed by atoms with Crippen LogP contribution >= 0.6 is 0 Å². The Bertz CT molecular complexity index is 839. The molecule has 0 aliphatic heterocycles. The van der Waals surface area contributed by atoms with Gasteiger partial charge in [0.05, 0.1) is 19.6 Å². The lowest BCUT2D eigenvalue weighted by Crippen LogP contribution is -2.39. The van der Waals surface area contributed by atoms with Crippen LogP contribution in [0.25, 0.3) is 11.0 Å². The number of fused-ring (bicyclic) bond motifs is 1. The summed E-state index contributed by atoms with van der Waals surface area (Å²) in [5.41, 5.74) is 1.05. The zero-order chi connectivity index (χ0) is 17.9. The van der Waals surface area contributed by atoms with Crippen molar-refractivity contribution in [3.05, 3.63) is 39.7 Å². The Morgan fingerprint density at radius 2 is 2.04 bits per heavy atom. The van der Waals surface area contributed by atoms with E-state index in [4.69, 9.17) is 9.15 Å². The maximum absolute atomic E-state index is 12.2. The Balaban J connectivity index is 2.25. The monoisotopic (exact) mass is 332 g/mol. The number of nitrogens with zero attached hydrogens (tertiary/aromatic N) is 1. The molecule has 0 saturated heterocycles. The third kappa shape index (κ3) is 3.73. The van der Waals surface area contributed by atoms with Gasteiger partial charge in [0.15, 0.2) is 0 Å². The van der Waals surface area contributed by atoms with Crippen LogP contribution in [-0.2, 0) is 16.0 Å². The summed E-state index contributed by atoms with van der Waals surface area (Å²) in [6, 6.07) is 5.18. The Morgan fingerprint density at radius 3 is 2.67 bits per heavy atom. The molecule has 1 heterocycles. The number of benzene rings is 1. The molecule has 0 atom stereocenters. The van der Waals surface area contributed by atoms with Gasteiger partial charge in [0.2, 0.25) is 5.91 Å². The summed E-state index contributed by atoms with van der Waals surface area (Å²) >= 11 is 0. The molecule has 0 radical (unpaired) electrons. The average molecular weight is 332 g/mol. The number of hydrogen-bond donors (Lipinski definition) is 0. The van der Waals surface area contributed by atoms with Gasteiger partial charge in [-0.15, -0.1) is 0 Å². The molecule has 7 heteroatoms. The van der Waals surface area contributed by atoms with Crippen LogP contribution < -0.4 is 15.5 Å². The van der Waals surface area contributed by atoms with E-state index in [1.54, 1.807) is 25.1 Å². The summed E-state index contributed by atoms with van der Waals surface area (Å²) in [6.07, 6.45) is 0.184. The molecular weight excluding hydrogens is 314 g/mol. The van der Waals surface area contributed by atoms with E-state index in [2.05, 4.69) is 0 Å². The number of rotatable bonds is 6. The molecule has 0 spiro atoms. The molecule has 1 amide bonds. The minimum atomic E-state index is -1.33. The fourth-order valence-corrected chi connectivity index (χ4v) is 2.50. The normalized spacial score (nSPS) is 10.6. The smallest absolute Gasteiger partial charge is 0.339 e. The summed E-state index contributed by atoms with van der Waals surface area (Å²) in [4.78, 5) is 35.7. The van der Waals surface area contributed by atoms with Crippen LogP contribution in [0.15, 0.2) is 27.4 Å². The number of ether oxygens (including phenoxy) is 1. The average Bonchev–Trinajstić information content (AvgIpc) is 2.53. The predicted molar refractivity (Wildman–Crippen MR) is 84.7 cm³/mol. The fraction of sp³-hybridized carbons (Fsp3) is 0.353. The van der Waals surface area contributed by atoms with E-state index in [-0.39, 0.29) is 18.7 Å². The highest BCUT2D eigenvalue weighted by Gasteiger charge is 2.15. The van der Waals surface area contributed by atoms with Crippen molar-refractivity contribution in [1.29, 1.82) is 0 Å². The molecule has 1 aromatic carbocycles. The number of hydrogen-bond acceptors (Lipinski definition) is 6. The second-order valence-electron chi connectivity index (χ2n) is 5.48. The molecular formula is C17H18NO6-.